The van der Waals surface area contributed by atoms with Crippen molar-refractivity contribution in [2.75, 3.05) is 75.5 Å². The first-order valence-corrected chi connectivity index (χ1v) is 40.6. The maximum Gasteiger partial charge on any atom is 0.311 e. The molecule has 0 saturated carbocycles. The highest BCUT2D eigenvalue weighted by Crippen LogP contribution is 2.60. The number of fused-ring (bicyclic) bond motifs is 6. The van der Waals surface area contributed by atoms with Crippen LogP contribution < -0.4 is 57.3 Å². The molecular weight excluding hydrogens is 1610 g/mol. The fourth-order valence-corrected chi connectivity index (χ4v) is 17.8. The summed E-state index contributed by atoms with van der Waals surface area (Å²) in [7, 11) is 4.22. The Morgan fingerprint density at radius 1 is 0.360 bits per heavy atom. The summed E-state index contributed by atoms with van der Waals surface area (Å²) >= 11 is 0. The van der Waals surface area contributed by atoms with E-state index in [0.717, 1.165) is 33.8 Å². The number of rotatable bonds is 30. The molecule has 0 saturated heterocycles. The van der Waals surface area contributed by atoms with E-state index < -0.39 is 89.4 Å². The Morgan fingerprint density at radius 2 is 0.608 bits per heavy atom. The molecule has 30 nitrogen and oxygen atoms in total. The number of methoxy groups -OCH3 is 3. The number of para-hydroxylation sites is 3. The highest BCUT2D eigenvalue weighted by molar-refractivity contribution is 5.84. The van der Waals surface area contributed by atoms with Gasteiger partial charge in [-0.2, -0.15) is 0 Å². The first-order valence-electron chi connectivity index (χ1n) is 40.6. The molecule has 3 unspecified atom stereocenters. The molecule has 9 aromatic rings. The quantitative estimate of drug-likeness (QED) is 0.0101. The monoisotopic (exact) mass is 1700 g/mol. The number of carbonyl (C=O) groups is 6. The lowest BCUT2D eigenvalue weighted by atomic mass is 9.71. The topological polar surface area (TPSA) is 352 Å². The molecule has 0 amide bonds. The van der Waals surface area contributed by atoms with Gasteiger partial charge in [0.15, 0.2) is 34.5 Å². The molecule has 30 heteroatoms. The zero-order chi connectivity index (χ0) is 88.7. The molecule has 15 rings (SSSR count). The van der Waals surface area contributed by atoms with E-state index >= 15 is 0 Å². The lowest BCUT2D eigenvalue weighted by Crippen LogP contribution is -2.60. The van der Waals surface area contributed by atoms with E-state index in [9.17, 15) is 59.1 Å². The van der Waals surface area contributed by atoms with Gasteiger partial charge in [0.25, 0.3) is 17.1 Å². The van der Waals surface area contributed by atoms with Crippen LogP contribution in [0.4, 0.5) is 34.1 Å². The SMILES string of the molecule is COc1cc([N+](=O)[O-])cc2c1OC1(C=C2)N(CCOC(=O)CCC(=O)Oc2ccc(C(C)(c3ccc(OC(=O)CCC(=O)OCCN4c5ccccc5C(C)(C)C45C=Cc4cc([N+](=O)[O-])cc(OC)c4O5)cc3)c3ccc(OC(=O)CCC(=O)OCCN4c5ccccc5C(C)(C)C45C=Cc4cc([N+](=O)[O-])cc(OC)c4O5)cc3)cc2)c2ccccc2C1(C)C. The van der Waals surface area contributed by atoms with Gasteiger partial charge in [0.1, 0.15) is 37.1 Å². The van der Waals surface area contributed by atoms with Gasteiger partial charge >= 0.3 is 35.8 Å². The molecule has 125 heavy (non-hydrogen) atoms. The molecule has 0 aliphatic carbocycles. The highest BCUT2D eigenvalue weighted by atomic mass is 16.6. The first kappa shape index (κ1) is 85.4. The Morgan fingerprint density at radius 3 is 0.856 bits per heavy atom. The highest BCUT2D eigenvalue weighted by Gasteiger charge is 2.62. The van der Waals surface area contributed by atoms with Crippen molar-refractivity contribution < 1.29 is 100 Å². The fraction of sp³-hybridized carbons (Fsp3) is 0.305. The van der Waals surface area contributed by atoms with Gasteiger partial charge in [-0.15, -0.1) is 0 Å². The second kappa shape index (κ2) is 33.7. The molecule has 9 aromatic carbocycles. The van der Waals surface area contributed by atoms with Gasteiger partial charge in [0.05, 0.1) is 129 Å². The van der Waals surface area contributed by atoms with Crippen LogP contribution >= 0.6 is 0 Å². The average Bonchev–Trinajstić information content (AvgIpc) is 1.55. The first-order chi connectivity index (χ1) is 59.8. The van der Waals surface area contributed by atoms with Crippen LogP contribution in [-0.4, -0.2) is 129 Å². The summed E-state index contributed by atoms with van der Waals surface area (Å²) in [6.07, 6.45) is 8.92. The number of hydrogen-bond acceptors (Lipinski definition) is 27. The van der Waals surface area contributed by atoms with Crippen LogP contribution in [0.3, 0.4) is 0 Å². The van der Waals surface area contributed by atoms with Crippen molar-refractivity contribution in [3.8, 4) is 51.7 Å². The summed E-state index contributed by atoms with van der Waals surface area (Å²) in [5, 5.41) is 35.5. The average molecular weight is 1700 g/mol. The molecule has 6 aliphatic rings. The van der Waals surface area contributed by atoms with Gasteiger partial charge in [-0.25, -0.2) is 0 Å². The normalized spacial score (nSPS) is 18.5. The third-order valence-corrected chi connectivity index (χ3v) is 24.6. The number of anilines is 3. The van der Waals surface area contributed by atoms with Gasteiger partial charge in [0, 0.05) is 57.4 Å². The zero-order valence-electron chi connectivity index (χ0n) is 70.3. The number of hydrogen-bond donors (Lipinski definition) is 0. The number of non-ortho nitro benzene ring substituents is 3. The zero-order valence-corrected chi connectivity index (χ0v) is 70.3. The van der Waals surface area contributed by atoms with Crippen LogP contribution in [0.1, 0.15) is 137 Å². The largest absolute Gasteiger partial charge is 0.493 e. The summed E-state index contributed by atoms with van der Waals surface area (Å²) < 4.78 is 72.1. The van der Waals surface area contributed by atoms with Crippen LogP contribution in [0, 0.1) is 30.3 Å². The van der Waals surface area contributed by atoms with E-state index in [1.165, 1.54) is 57.7 Å². The molecule has 0 fully saturated rings. The predicted molar refractivity (Wildman–Crippen MR) is 459 cm³/mol. The lowest BCUT2D eigenvalue weighted by Gasteiger charge is -2.47. The van der Waals surface area contributed by atoms with Crippen molar-refractivity contribution in [1.82, 2.24) is 0 Å². The molecule has 6 heterocycles. The minimum absolute atomic E-state index is 0.103. The third-order valence-electron chi connectivity index (χ3n) is 24.6. The molecule has 0 N–H and O–H groups in total. The molecule has 3 spiro atoms. The number of nitrogens with zero attached hydrogens (tertiary/aromatic N) is 6. The van der Waals surface area contributed by atoms with Crippen molar-refractivity contribution in [3.63, 3.8) is 0 Å². The Kier molecular flexibility index (Phi) is 23.0. The van der Waals surface area contributed by atoms with Gasteiger partial charge in [0.2, 0.25) is 17.2 Å². The van der Waals surface area contributed by atoms with Crippen LogP contribution in [0.5, 0.6) is 51.7 Å². The van der Waals surface area contributed by atoms with E-state index in [1.807, 2.05) is 154 Å². The van der Waals surface area contributed by atoms with Crippen LogP contribution in [0.2, 0.25) is 0 Å². The molecule has 644 valence electrons. The number of esters is 6. The maximum absolute atomic E-state index is 13.5. The minimum Gasteiger partial charge on any atom is -0.493 e. The summed E-state index contributed by atoms with van der Waals surface area (Å²) in [5.74, 6) is -2.14. The van der Waals surface area contributed by atoms with E-state index in [0.29, 0.717) is 50.6 Å². The summed E-state index contributed by atoms with van der Waals surface area (Å²) in [6.45, 7) is 14.2. The van der Waals surface area contributed by atoms with E-state index in [1.54, 1.807) is 91.0 Å². The summed E-state index contributed by atoms with van der Waals surface area (Å²) in [6, 6.07) is 51.6. The molecule has 3 atom stereocenters. The number of ether oxygens (including phenoxy) is 12. The summed E-state index contributed by atoms with van der Waals surface area (Å²) in [4.78, 5) is 121. The molecule has 0 aromatic heterocycles. The van der Waals surface area contributed by atoms with Gasteiger partial charge in [-0.1, -0.05) is 91.0 Å². The molecule has 0 bridgehead atoms. The van der Waals surface area contributed by atoms with Gasteiger partial charge in [-0.3, -0.25) is 59.1 Å². The van der Waals surface area contributed by atoms with E-state index in [-0.39, 0.29) is 130 Å². The van der Waals surface area contributed by atoms with E-state index in [4.69, 9.17) is 56.8 Å². The van der Waals surface area contributed by atoms with Gasteiger partial charge < -0.3 is 71.5 Å². The van der Waals surface area contributed by atoms with Crippen molar-refractivity contribution in [2.24, 2.45) is 0 Å². The fourth-order valence-electron chi connectivity index (χ4n) is 17.8. The maximum atomic E-state index is 13.5. The Balaban J connectivity index is 0.590. The Labute approximate surface area is 718 Å². The predicted octanol–water partition coefficient (Wildman–Crippen LogP) is 16.3. The number of nitro groups is 3. The standard InChI is InChI=1S/C95H90N6O24/c1-89(2)71-17-11-14-20-74(71)96(93(89)44-41-59-53-65(99(108)109)56-77(114-8)86(59)123-93)47-50-117-80(102)35-38-83(105)120-68-29-23-62(24-30-68)92(7,63-25-31-69(32-26-63)121-84(106)39-36-81(103)118-51-48-97-75-21-15-12-18-72(75)90(3,4)94(97)45-42-60-54-66(100(110)111)57-78(115-9)87(60)124-94)64-27-33-70(34-28-64)122-85(107)40-37-82(104)119-52-49-98-76-22-16-13-19-73(76)91(5,6)95(98)46-43-61-55-67(101(112)113)58-79(116-10)88(61)125-95/h11-34,41-46,53-58H,35-40,47-52H2,1-10H3. The van der Waals surface area contributed by atoms with Crippen molar-refractivity contribution in [1.29, 1.82) is 0 Å². The Hall–Kier alpha value is -14.6. The third kappa shape index (κ3) is 15.5. The number of carbonyl (C=O) groups excluding carboxylic acids is 6. The molecule has 6 aliphatic heterocycles. The second-order valence-electron chi connectivity index (χ2n) is 32.5. The van der Waals surface area contributed by atoms with Crippen LogP contribution in [0.15, 0.2) is 200 Å². The Bertz CT molecular complexity index is 5360. The van der Waals surface area contributed by atoms with Crippen LogP contribution in [0.25, 0.3) is 18.2 Å². The van der Waals surface area contributed by atoms with Crippen molar-refractivity contribution in [2.45, 2.75) is 126 Å². The van der Waals surface area contributed by atoms with Gasteiger partial charge in [-0.05, 0) is 173 Å². The van der Waals surface area contributed by atoms with Crippen LogP contribution in [-0.2, 0) is 64.6 Å². The number of nitro benzene ring substituents is 3. The lowest BCUT2D eigenvalue weighted by molar-refractivity contribution is -0.385. The number of benzene rings is 9. The van der Waals surface area contributed by atoms with Crippen molar-refractivity contribution in [3.05, 3.63) is 281 Å². The smallest absolute Gasteiger partial charge is 0.311 e. The summed E-state index contributed by atoms with van der Waals surface area (Å²) in [5.41, 5.74) is 1.51. The molecule has 0 radical (unpaired) electrons. The van der Waals surface area contributed by atoms with E-state index in [2.05, 4.69) is 0 Å². The molecular formula is C95H90N6O24. The minimum atomic E-state index is -1.19. The van der Waals surface area contributed by atoms with Crippen molar-refractivity contribution >= 4 is 88.2 Å². The second-order valence-corrected chi connectivity index (χ2v) is 32.5.